The molecule has 0 amide bonds. The van der Waals surface area contributed by atoms with Crippen LogP contribution in [0.2, 0.25) is 10.0 Å². The molecule has 1 atom stereocenters. The lowest BCUT2D eigenvalue weighted by Crippen LogP contribution is -2.05. The third-order valence-corrected chi connectivity index (χ3v) is 4.96. The summed E-state index contributed by atoms with van der Waals surface area (Å²) in [5, 5.41) is 13.0. The normalized spacial score (nSPS) is 13.6. The molecule has 0 aliphatic heterocycles. The van der Waals surface area contributed by atoms with Gasteiger partial charge in [0.1, 0.15) is 0 Å². The largest absolute Gasteiger partial charge is 0.416 e. The van der Waals surface area contributed by atoms with Crippen molar-refractivity contribution < 1.29 is 18.3 Å². The maximum absolute atomic E-state index is 13.1. The molecule has 24 heavy (non-hydrogen) atoms. The van der Waals surface area contributed by atoms with E-state index < -0.39 is 17.8 Å². The number of fused-ring (bicyclic) bond motifs is 3. The van der Waals surface area contributed by atoms with Gasteiger partial charge < -0.3 is 5.11 Å². The molecule has 0 aliphatic carbocycles. The molecule has 7 heteroatoms. The Balaban J connectivity index is 2.50. The highest BCUT2D eigenvalue weighted by Crippen LogP contribution is 2.40. The quantitative estimate of drug-likeness (QED) is 0.347. The Kier molecular flexibility index (Phi) is 4.73. The Hall–Kier alpha value is -1.01. The molecule has 0 aromatic heterocycles. The first kappa shape index (κ1) is 17.8. The minimum atomic E-state index is -4.47. The summed E-state index contributed by atoms with van der Waals surface area (Å²) in [5.41, 5.74) is -0.255. The van der Waals surface area contributed by atoms with Crippen LogP contribution in [0.15, 0.2) is 36.4 Å². The Morgan fingerprint density at radius 3 is 2.38 bits per heavy atom. The number of halogens is 6. The zero-order chi connectivity index (χ0) is 17.6. The fourth-order valence-corrected chi connectivity index (χ4v) is 3.73. The van der Waals surface area contributed by atoms with Gasteiger partial charge in [-0.15, -0.1) is 0 Å². The highest BCUT2D eigenvalue weighted by molar-refractivity contribution is 9.09. The number of hydrogen-bond donors (Lipinski definition) is 1. The van der Waals surface area contributed by atoms with E-state index in [2.05, 4.69) is 15.9 Å². The van der Waals surface area contributed by atoms with E-state index in [1.54, 1.807) is 12.1 Å². The van der Waals surface area contributed by atoms with Gasteiger partial charge in [-0.2, -0.15) is 13.2 Å². The SMILES string of the molecule is O[C@@H](CBr)c1cc2cc(Cl)cc(Cl)c2c2cc(C(F)(F)F)ccc12. The lowest BCUT2D eigenvalue weighted by atomic mass is 9.93. The first-order valence-corrected chi connectivity index (χ1v) is 8.76. The Morgan fingerprint density at radius 2 is 1.75 bits per heavy atom. The van der Waals surface area contributed by atoms with Crippen molar-refractivity contribution in [3.05, 3.63) is 57.6 Å². The molecular formula is C17H10BrCl2F3O. The topological polar surface area (TPSA) is 20.2 Å². The van der Waals surface area contributed by atoms with Gasteiger partial charge in [0.25, 0.3) is 0 Å². The van der Waals surface area contributed by atoms with E-state index in [0.29, 0.717) is 32.1 Å². The third kappa shape index (κ3) is 3.10. The van der Waals surface area contributed by atoms with Crippen LogP contribution in [0, 0.1) is 0 Å². The fraction of sp³-hybridized carbons (Fsp3) is 0.176. The van der Waals surface area contributed by atoms with E-state index in [1.165, 1.54) is 12.1 Å². The van der Waals surface area contributed by atoms with Crippen LogP contribution in [0.25, 0.3) is 21.5 Å². The molecule has 0 fully saturated rings. The third-order valence-electron chi connectivity index (χ3n) is 3.83. The van der Waals surface area contributed by atoms with Crippen molar-refractivity contribution in [1.82, 2.24) is 0 Å². The molecule has 0 bridgehead atoms. The van der Waals surface area contributed by atoms with Gasteiger partial charge >= 0.3 is 6.18 Å². The summed E-state index contributed by atoms with van der Waals surface area (Å²) in [7, 11) is 0. The first-order chi connectivity index (χ1) is 11.2. The summed E-state index contributed by atoms with van der Waals surface area (Å²) in [6, 6.07) is 8.24. The van der Waals surface area contributed by atoms with Crippen molar-refractivity contribution in [3.8, 4) is 0 Å². The Labute approximate surface area is 154 Å². The second-order valence-corrected chi connectivity index (χ2v) is 6.87. The molecule has 0 unspecified atom stereocenters. The molecule has 0 spiro atoms. The summed E-state index contributed by atoms with van der Waals surface area (Å²) in [6.07, 6.45) is -5.34. The van der Waals surface area contributed by atoms with E-state index in [1.807, 2.05) is 0 Å². The van der Waals surface area contributed by atoms with E-state index in [0.717, 1.165) is 12.1 Å². The molecule has 0 heterocycles. The number of rotatable bonds is 2. The van der Waals surface area contributed by atoms with Crippen molar-refractivity contribution in [2.45, 2.75) is 12.3 Å². The summed E-state index contributed by atoms with van der Waals surface area (Å²) in [5.74, 6) is 0. The number of benzene rings is 3. The molecule has 0 aliphatic rings. The molecular weight excluding hydrogens is 428 g/mol. The van der Waals surface area contributed by atoms with Crippen LogP contribution in [-0.2, 0) is 6.18 Å². The van der Waals surface area contributed by atoms with Crippen LogP contribution in [0.3, 0.4) is 0 Å². The number of aliphatic hydroxyl groups is 1. The predicted octanol–water partition coefficient (Wildman–Crippen LogP) is 6.75. The summed E-state index contributed by atoms with van der Waals surface area (Å²) < 4.78 is 39.3. The van der Waals surface area contributed by atoms with Crippen LogP contribution in [0.5, 0.6) is 0 Å². The summed E-state index contributed by atoms with van der Waals surface area (Å²) in [4.78, 5) is 0. The lowest BCUT2D eigenvalue weighted by Gasteiger charge is -2.17. The van der Waals surface area contributed by atoms with Crippen LogP contribution < -0.4 is 0 Å². The number of hydrogen-bond acceptors (Lipinski definition) is 1. The van der Waals surface area contributed by atoms with Gasteiger partial charge in [0.05, 0.1) is 16.7 Å². The first-order valence-electron chi connectivity index (χ1n) is 6.89. The minimum absolute atomic E-state index is 0.253. The van der Waals surface area contributed by atoms with Crippen LogP contribution in [0.1, 0.15) is 17.2 Å². The second-order valence-electron chi connectivity index (χ2n) is 5.38. The number of alkyl halides is 4. The van der Waals surface area contributed by atoms with Gasteiger partial charge in [-0.05, 0) is 52.1 Å². The molecule has 0 saturated carbocycles. The molecule has 3 aromatic rings. The maximum Gasteiger partial charge on any atom is 0.416 e. The van der Waals surface area contributed by atoms with Crippen molar-refractivity contribution in [1.29, 1.82) is 0 Å². The molecule has 1 N–H and O–H groups in total. The van der Waals surface area contributed by atoms with Gasteiger partial charge in [0.2, 0.25) is 0 Å². The standard InChI is InChI=1S/C17H10BrCl2F3O/c18-7-15(24)12-4-8-3-10(19)6-14(20)16(8)13-5-9(17(21,22)23)1-2-11(12)13/h1-6,15,24H,7H2/t15-/m0/s1. The Morgan fingerprint density at radius 1 is 1.04 bits per heavy atom. The molecule has 0 radical (unpaired) electrons. The molecule has 0 saturated heterocycles. The highest BCUT2D eigenvalue weighted by atomic mass is 79.9. The van der Waals surface area contributed by atoms with Crippen LogP contribution >= 0.6 is 39.1 Å². The zero-order valence-electron chi connectivity index (χ0n) is 12.0. The van der Waals surface area contributed by atoms with Gasteiger partial charge in [0, 0.05) is 15.7 Å². The average molecular weight is 438 g/mol. The smallest absolute Gasteiger partial charge is 0.388 e. The minimum Gasteiger partial charge on any atom is -0.388 e. The molecule has 3 rings (SSSR count). The van der Waals surface area contributed by atoms with Gasteiger partial charge in [0.15, 0.2) is 0 Å². The number of aliphatic hydroxyl groups excluding tert-OH is 1. The van der Waals surface area contributed by atoms with Crippen molar-refractivity contribution in [2.75, 3.05) is 5.33 Å². The van der Waals surface area contributed by atoms with Crippen LogP contribution in [0.4, 0.5) is 13.2 Å². The monoisotopic (exact) mass is 436 g/mol. The van der Waals surface area contributed by atoms with Crippen molar-refractivity contribution in [2.24, 2.45) is 0 Å². The summed E-state index contributed by atoms with van der Waals surface area (Å²) >= 11 is 15.4. The van der Waals surface area contributed by atoms with Crippen molar-refractivity contribution in [3.63, 3.8) is 0 Å². The molecule has 3 aromatic carbocycles. The molecule has 126 valence electrons. The highest BCUT2D eigenvalue weighted by Gasteiger charge is 2.31. The summed E-state index contributed by atoms with van der Waals surface area (Å²) in [6.45, 7) is 0. The average Bonchev–Trinajstić information content (AvgIpc) is 2.51. The Bertz CT molecular complexity index is 941. The maximum atomic E-state index is 13.1. The van der Waals surface area contributed by atoms with Gasteiger partial charge in [-0.25, -0.2) is 0 Å². The second kappa shape index (κ2) is 6.37. The predicted molar refractivity (Wildman–Crippen MR) is 95.2 cm³/mol. The van der Waals surface area contributed by atoms with E-state index in [9.17, 15) is 18.3 Å². The van der Waals surface area contributed by atoms with Crippen LogP contribution in [-0.4, -0.2) is 10.4 Å². The lowest BCUT2D eigenvalue weighted by molar-refractivity contribution is -0.137. The van der Waals surface area contributed by atoms with E-state index in [-0.39, 0.29) is 10.4 Å². The fourth-order valence-electron chi connectivity index (χ4n) is 2.77. The van der Waals surface area contributed by atoms with Gasteiger partial charge in [-0.3, -0.25) is 0 Å². The molecule has 1 nitrogen and oxygen atoms in total. The van der Waals surface area contributed by atoms with Crippen molar-refractivity contribution >= 4 is 60.7 Å². The van der Waals surface area contributed by atoms with E-state index >= 15 is 0 Å². The zero-order valence-corrected chi connectivity index (χ0v) is 15.1. The van der Waals surface area contributed by atoms with Gasteiger partial charge in [-0.1, -0.05) is 45.2 Å². The van der Waals surface area contributed by atoms with E-state index in [4.69, 9.17) is 23.2 Å².